The number of morpholine rings is 1. The summed E-state index contributed by atoms with van der Waals surface area (Å²) in [6, 6.07) is 4.58. The first-order valence-electron chi connectivity index (χ1n) is 6.11. The second-order valence-corrected chi connectivity index (χ2v) is 7.18. The molecule has 0 radical (unpaired) electrons. The first-order valence-corrected chi connectivity index (χ1v) is 8.34. The van der Waals surface area contributed by atoms with Crippen LogP contribution in [-0.2, 0) is 14.8 Å². The highest BCUT2D eigenvalue weighted by Gasteiger charge is 2.33. The zero-order chi connectivity index (χ0) is 14.0. The number of hydrogen-bond donors (Lipinski definition) is 1. The molecule has 7 heteroatoms. The van der Waals surface area contributed by atoms with Gasteiger partial charge in [0.1, 0.15) is 0 Å². The Labute approximate surface area is 121 Å². The third-order valence-electron chi connectivity index (χ3n) is 3.22. The van der Waals surface area contributed by atoms with Gasteiger partial charge in [0.15, 0.2) is 0 Å². The fraction of sp³-hybridized carbons (Fsp3) is 0.500. The number of rotatable bonds is 3. The van der Waals surface area contributed by atoms with Crippen LogP contribution in [0.2, 0.25) is 0 Å². The van der Waals surface area contributed by atoms with Crippen LogP contribution in [-0.4, -0.2) is 38.5 Å². The first-order chi connectivity index (χ1) is 8.96. The molecule has 5 nitrogen and oxygen atoms in total. The van der Waals surface area contributed by atoms with Crippen molar-refractivity contribution in [1.29, 1.82) is 0 Å². The van der Waals surface area contributed by atoms with Gasteiger partial charge in [-0.15, -0.1) is 0 Å². The molecule has 0 aliphatic carbocycles. The van der Waals surface area contributed by atoms with Gasteiger partial charge in [0.05, 0.1) is 18.1 Å². The minimum Gasteiger partial charge on any atom is -0.398 e. The number of anilines is 1. The number of halogens is 1. The highest BCUT2D eigenvalue weighted by molar-refractivity contribution is 9.10. The third-order valence-corrected chi connectivity index (χ3v) is 5.86. The van der Waals surface area contributed by atoms with E-state index in [-0.39, 0.29) is 10.9 Å². The average Bonchev–Trinajstić information content (AvgIpc) is 2.41. The normalized spacial score (nSPS) is 21.5. The minimum absolute atomic E-state index is 0.102. The van der Waals surface area contributed by atoms with Gasteiger partial charge in [-0.2, -0.15) is 4.31 Å². The van der Waals surface area contributed by atoms with Crippen LogP contribution in [0.25, 0.3) is 0 Å². The molecule has 1 aliphatic rings. The van der Waals surface area contributed by atoms with E-state index in [1.165, 1.54) is 10.4 Å². The zero-order valence-corrected chi connectivity index (χ0v) is 13.1. The van der Waals surface area contributed by atoms with Crippen molar-refractivity contribution in [2.45, 2.75) is 24.3 Å². The standard InChI is InChI=1S/C12H17BrN2O3S/c1-2-9-8-18-6-5-15(9)19(16,17)10-3-4-12(14)11(13)7-10/h3-4,7,9H,2,5-6,8,14H2,1H3. The zero-order valence-electron chi connectivity index (χ0n) is 10.7. The molecule has 19 heavy (non-hydrogen) atoms. The highest BCUT2D eigenvalue weighted by atomic mass is 79.9. The summed E-state index contributed by atoms with van der Waals surface area (Å²) in [5.74, 6) is 0. The maximum absolute atomic E-state index is 12.6. The predicted molar refractivity (Wildman–Crippen MR) is 77.3 cm³/mol. The van der Waals surface area contributed by atoms with Crippen LogP contribution in [0.15, 0.2) is 27.6 Å². The van der Waals surface area contributed by atoms with Crippen LogP contribution < -0.4 is 5.73 Å². The minimum atomic E-state index is -3.49. The van der Waals surface area contributed by atoms with Crippen LogP contribution in [0.4, 0.5) is 5.69 Å². The second-order valence-electron chi connectivity index (χ2n) is 4.44. The molecule has 0 bridgehead atoms. The van der Waals surface area contributed by atoms with Gasteiger partial charge in [0.2, 0.25) is 10.0 Å². The summed E-state index contributed by atoms with van der Waals surface area (Å²) >= 11 is 3.26. The van der Waals surface area contributed by atoms with Crippen molar-refractivity contribution < 1.29 is 13.2 Å². The Morgan fingerprint density at radius 3 is 2.89 bits per heavy atom. The van der Waals surface area contributed by atoms with Crippen molar-refractivity contribution in [1.82, 2.24) is 4.31 Å². The van der Waals surface area contributed by atoms with Crippen molar-refractivity contribution in [2.24, 2.45) is 0 Å². The molecule has 0 aromatic heterocycles. The van der Waals surface area contributed by atoms with E-state index in [1.54, 1.807) is 12.1 Å². The largest absolute Gasteiger partial charge is 0.398 e. The number of nitrogen functional groups attached to an aromatic ring is 1. The molecule has 0 spiro atoms. The van der Waals surface area contributed by atoms with E-state index >= 15 is 0 Å². The molecule has 1 aromatic rings. The molecule has 0 saturated carbocycles. The Kier molecular flexibility index (Phi) is 4.50. The van der Waals surface area contributed by atoms with Gasteiger partial charge in [0.25, 0.3) is 0 Å². The van der Waals surface area contributed by atoms with E-state index in [1.807, 2.05) is 6.92 Å². The van der Waals surface area contributed by atoms with E-state index in [0.717, 1.165) is 6.42 Å². The Hall–Kier alpha value is -0.630. The van der Waals surface area contributed by atoms with E-state index < -0.39 is 10.0 Å². The van der Waals surface area contributed by atoms with Gasteiger partial charge in [-0.1, -0.05) is 6.92 Å². The molecule has 1 aromatic carbocycles. The van der Waals surface area contributed by atoms with Gasteiger partial charge in [-0.25, -0.2) is 8.42 Å². The molecule has 1 heterocycles. The molecular formula is C12H17BrN2O3S. The lowest BCUT2D eigenvalue weighted by Crippen LogP contribution is -2.48. The number of hydrogen-bond acceptors (Lipinski definition) is 4. The quantitative estimate of drug-likeness (QED) is 0.845. The summed E-state index contributed by atoms with van der Waals surface area (Å²) in [4.78, 5) is 0.258. The van der Waals surface area contributed by atoms with E-state index in [0.29, 0.717) is 29.9 Å². The molecule has 1 atom stereocenters. The van der Waals surface area contributed by atoms with E-state index in [9.17, 15) is 8.42 Å². The predicted octanol–water partition coefficient (Wildman–Crippen LogP) is 1.83. The van der Waals surface area contributed by atoms with Crippen molar-refractivity contribution >= 4 is 31.6 Å². The van der Waals surface area contributed by atoms with Crippen molar-refractivity contribution in [3.8, 4) is 0 Å². The molecular weight excluding hydrogens is 332 g/mol. The van der Waals surface area contributed by atoms with Gasteiger partial charge in [0, 0.05) is 22.7 Å². The maximum atomic E-state index is 12.6. The Morgan fingerprint density at radius 2 is 2.26 bits per heavy atom. The summed E-state index contributed by atoms with van der Waals surface area (Å²) in [7, 11) is -3.49. The Bertz CT molecular complexity index is 562. The highest BCUT2D eigenvalue weighted by Crippen LogP contribution is 2.27. The van der Waals surface area contributed by atoms with Crippen LogP contribution >= 0.6 is 15.9 Å². The smallest absolute Gasteiger partial charge is 0.243 e. The van der Waals surface area contributed by atoms with Gasteiger partial charge < -0.3 is 10.5 Å². The lowest BCUT2D eigenvalue weighted by molar-refractivity contribution is 0.0314. The number of ether oxygens (including phenoxy) is 1. The number of nitrogens with two attached hydrogens (primary N) is 1. The monoisotopic (exact) mass is 348 g/mol. The van der Waals surface area contributed by atoms with Gasteiger partial charge in [-0.05, 0) is 40.5 Å². The lowest BCUT2D eigenvalue weighted by atomic mass is 10.2. The summed E-state index contributed by atoms with van der Waals surface area (Å²) in [5, 5.41) is 0. The Balaban J connectivity index is 2.37. The van der Waals surface area contributed by atoms with E-state index in [4.69, 9.17) is 10.5 Å². The molecule has 2 rings (SSSR count). The molecule has 1 fully saturated rings. The third kappa shape index (κ3) is 2.94. The summed E-state index contributed by atoms with van der Waals surface area (Å²) in [5.41, 5.74) is 6.21. The summed E-state index contributed by atoms with van der Waals surface area (Å²) < 4.78 is 32.7. The van der Waals surface area contributed by atoms with Crippen LogP contribution in [0.1, 0.15) is 13.3 Å². The second kappa shape index (κ2) is 5.78. The SMILES string of the molecule is CCC1COCCN1S(=O)(=O)c1ccc(N)c(Br)c1. The van der Waals surface area contributed by atoms with E-state index in [2.05, 4.69) is 15.9 Å². The summed E-state index contributed by atoms with van der Waals surface area (Å²) in [6.45, 7) is 3.24. The van der Waals surface area contributed by atoms with Crippen LogP contribution in [0.5, 0.6) is 0 Å². The number of sulfonamides is 1. The maximum Gasteiger partial charge on any atom is 0.243 e. The summed E-state index contributed by atoms with van der Waals surface area (Å²) in [6.07, 6.45) is 0.732. The average molecular weight is 349 g/mol. The number of nitrogens with zero attached hydrogens (tertiary/aromatic N) is 1. The van der Waals surface area contributed by atoms with Gasteiger partial charge >= 0.3 is 0 Å². The van der Waals surface area contributed by atoms with Gasteiger partial charge in [-0.3, -0.25) is 0 Å². The fourth-order valence-electron chi connectivity index (χ4n) is 2.08. The molecule has 106 valence electrons. The van der Waals surface area contributed by atoms with Crippen molar-refractivity contribution in [2.75, 3.05) is 25.5 Å². The topological polar surface area (TPSA) is 72.6 Å². The van der Waals surface area contributed by atoms with Crippen molar-refractivity contribution in [3.63, 3.8) is 0 Å². The fourth-order valence-corrected chi connectivity index (χ4v) is 4.31. The molecule has 1 aliphatic heterocycles. The molecule has 1 unspecified atom stereocenters. The van der Waals surface area contributed by atoms with Crippen molar-refractivity contribution in [3.05, 3.63) is 22.7 Å². The Morgan fingerprint density at radius 1 is 1.53 bits per heavy atom. The van der Waals surface area contributed by atoms with Crippen LogP contribution in [0.3, 0.4) is 0 Å². The lowest BCUT2D eigenvalue weighted by Gasteiger charge is -2.34. The first kappa shape index (κ1) is 14.8. The molecule has 0 amide bonds. The molecule has 2 N–H and O–H groups in total. The van der Waals surface area contributed by atoms with Crippen LogP contribution in [0, 0.1) is 0 Å². The number of benzene rings is 1. The molecule has 1 saturated heterocycles.